The number of likely N-dealkylation sites (tertiary alicyclic amines) is 1. The minimum atomic E-state index is 0.139. The summed E-state index contributed by atoms with van der Waals surface area (Å²) < 4.78 is 0. The van der Waals surface area contributed by atoms with Gasteiger partial charge in [0.25, 0.3) is 0 Å². The fraction of sp³-hybridized carbons (Fsp3) is 0.875. The molecule has 0 aromatic carbocycles. The van der Waals surface area contributed by atoms with Gasteiger partial charge >= 0.3 is 0 Å². The van der Waals surface area contributed by atoms with Gasteiger partial charge in [0.05, 0.1) is 12.0 Å². The van der Waals surface area contributed by atoms with Crippen LogP contribution in [0.4, 0.5) is 0 Å². The van der Waals surface area contributed by atoms with Gasteiger partial charge < -0.3 is 10.6 Å². The van der Waals surface area contributed by atoms with Crippen molar-refractivity contribution in [2.24, 2.45) is 11.7 Å². The molecule has 1 heterocycles. The Balaban J connectivity index is 2.24. The fourth-order valence-corrected chi connectivity index (χ4v) is 1.46. The van der Waals surface area contributed by atoms with Crippen molar-refractivity contribution in [3.05, 3.63) is 0 Å². The zero-order valence-corrected chi connectivity index (χ0v) is 6.95. The van der Waals surface area contributed by atoms with Gasteiger partial charge in [-0.05, 0) is 19.9 Å². The Bertz CT molecular complexity index is 161. The summed E-state index contributed by atoms with van der Waals surface area (Å²) in [5.74, 6) is 0.139. The number of hydrogen-bond acceptors (Lipinski definition) is 3. The summed E-state index contributed by atoms with van der Waals surface area (Å²) in [4.78, 5) is 2.26. The lowest BCUT2D eigenvalue weighted by Crippen LogP contribution is -2.29. The van der Waals surface area contributed by atoms with Crippen molar-refractivity contribution in [2.75, 3.05) is 19.6 Å². The Labute approximate surface area is 67.8 Å². The average Bonchev–Trinajstić information content (AvgIpc) is 2.35. The predicted molar refractivity (Wildman–Crippen MR) is 43.8 cm³/mol. The number of rotatable bonds is 2. The first-order chi connectivity index (χ1) is 5.22. The van der Waals surface area contributed by atoms with Crippen LogP contribution in [0, 0.1) is 17.2 Å². The van der Waals surface area contributed by atoms with Crippen LogP contribution in [0.1, 0.15) is 13.3 Å². The third kappa shape index (κ3) is 2.49. The Kier molecular flexibility index (Phi) is 2.86. The monoisotopic (exact) mass is 153 g/mol. The first-order valence-electron chi connectivity index (χ1n) is 4.10. The van der Waals surface area contributed by atoms with Gasteiger partial charge in [-0.1, -0.05) is 0 Å². The van der Waals surface area contributed by atoms with E-state index < -0.39 is 0 Å². The second kappa shape index (κ2) is 3.70. The standard InChI is InChI=1S/C8H15N3/c1-7(4-9)5-11-3-2-8(10)6-11/h7-8H,2-3,5-6,10H2,1H3/t7?,8-/m1/s1. The highest BCUT2D eigenvalue weighted by Crippen LogP contribution is 2.08. The average molecular weight is 153 g/mol. The smallest absolute Gasteiger partial charge is 0.0666 e. The molecule has 1 saturated heterocycles. The van der Waals surface area contributed by atoms with Crippen LogP contribution in [0.25, 0.3) is 0 Å². The van der Waals surface area contributed by atoms with Crippen molar-refractivity contribution >= 4 is 0 Å². The van der Waals surface area contributed by atoms with Gasteiger partial charge in [-0.3, -0.25) is 0 Å². The van der Waals surface area contributed by atoms with Crippen molar-refractivity contribution in [3.63, 3.8) is 0 Å². The maximum Gasteiger partial charge on any atom is 0.0666 e. The summed E-state index contributed by atoms with van der Waals surface area (Å²) >= 11 is 0. The molecule has 3 nitrogen and oxygen atoms in total. The van der Waals surface area contributed by atoms with Crippen molar-refractivity contribution in [1.82, 2.24) is 4.90 Å². The van der Waals surface area contributed by atoms with E-state index in [1.165, 1.54) is 0 Å². The highest BCUT2D eigenvalue weighted by Gasteiger charge is 2.19. The van der Waals surface area contributed by atoms with Crippen LogP contribution in [0.3, 0.4) is 0 Å². The van der Waals surface area contributed by atoms with Crippen LogP contribution in [-0.4, -0.2) is 30.6 Å². The van der Waals surface area contributed by atoms with Crippen LogP contribution in [0.5, 0.6) is 0 Å². The van der Waals surface area contributed by atoms with E-state index in [-0.39, 0.29) is 5.92 Å². The molecule has 1 unspecified atom stereocenters. The molecular formula is C8H15N3. The summed E-state index contributed by atoms with van der Waals surface area (Å²) in [6.07, 6.45) is 1.08. The first kappa shape index (κ1) is 8.51. The molecule has 0 spiro atoms. The molecule has 1 rings (SSSR count). The summed E-state index contributed by atoms with van der Waals surface area (Å²) in [5.41, 5.74) is 5.72. The van der Waals surface area contributed by atoms with Crippen LogP contribution in [0.2, 0.25) is 0 Å². The van der Waals surface area contributed by atoms with E-state index in [9.17, 15) is 0 Å². The van der Waals surface area contributed by atoms with Crippen molar-refractivity contribution in [2.45, 2.75) is 19.4 Å². The second-order valence-corrected chi connectivity index (χ2v) is 3.34. The Morgan fingerprint density at radius 2 is 2.55 bits per heavy atom. The lowest BCUT2D eigenvalue weighted by molar-refractivity contribution is 0.310. The third-order valence-corrected chi connectivity index (χ3v) is 2.06. The van der Waals surface area contributed by atoms with E-state index in [4.69, 9.17) is 11.0 Å². The van der Waals surface area contributed by atoms with E-state index in [1.54, 1.807) is 0 Å². The molecule has 0 aromatic rings. The molecule has 1 aliphatic heterocycles. The molecule has 2 atom stereocenters. The molecule has 0 aromatic heterocycles. The number of hydrogen-bond donors (Lipinski definition) is 1. The zero-order valence-electron chi connectivity index (χ0n) is 6.95. The molecule has 62 valence electrons. The molecule has 11 heavy (non-hydrogen) atoms. The third-order valence-electron chi connectivity index (χ3n) is 2.06. The largest absolute Gasteiger partial charge is 0.326 e. The molecule has 0 radical (unpaired) electrons. The summed E-state index contributed by atoms with van der Waals surface area (Å²) in [7, 11) is 0. The molecule has 0 amide bonds. The fourth-order valence-electron chi connectivity index (χ4n) is 1.46. The molecule has 1 fully saturated rings. The molecule has 1 aliphatic rings. The second-order valence-electron chi connectivity index (χ2n) is 3.34. The Morgan fingerprint density at radius 1 is 1.82 bits per heavy atom. The van der Waals surface area contributed by atoms with Crippen LogP contribution >= 0.6 is 0 Å². The maximum atomic E-state index is 8.55. The summed E-state index contributed by atoms with van der Waals surface area (Å²) in [5, 5.41) is 8.55. The van der Waals surface area contributed by atoms with Gasteiger partial charge in [0, 0.05) is 19.1 Å². The van der Waals surface area contributed by atoms with E-state index >= 15 is 0 Å². The maximum absolute atomic E-state index is 8.55. The van der Waals surface area contributed by atoms with Gasteiger partial charge in [-0.15, -0.1) is 0 Å². The van der Waals surface area contributed by atoms with E-state index in [2.05, 4.69) is 11.0 Å². The van der Waals surface area contributed by atoms with Crippen molar-refractivity contribution in [1.29, 1.82) is 5.26 Å². The SMILES string of the molecule is CC(C#N)CN1CC[C@@H](N)C1. The number of nitriles is 1. The predicted octanol–water partition coefficient (Wildman–Crippen LogP) is 0.179. The quantitative estimate of drug-likeness (QED) is 0.615. The van der Waals surface area contributed by atoms with E-state index in [0.717, 1.165) is 26.1 Å². The normalized spacial score (nSPS) is 28.3. The molecule has 2 N–H and O–H groups in total. The van der Waals surface area contributed by atoms with Crippen molar-refractivity contribution < 1.29 is 0 Å². The highest BCUT2D eigenvalue weighted by atomic mass is 15.2. The molecule has 3 heteroatoms. The zero-order chi connectivity index (χ0) is 8.27. The lowest BCUT2D eigenvalue weighted by Gasteiger charge is -2.15. The van der Waals surface area contributed by atoms with Gasteiger partial charge in [0.2, 0.25) is 0 Å². The molecule has 0 aliphatic carbocycles. The Hall–Kier alpha value is -0.590. The summed E-state index contributed by atoms with van der Waals surface area (Å²) in [6, 6.07) is 2.56. The van der Waals surface area contributed by atoms with Gasteiger partial charge in [0.15, 0.2) is 0 Å². The molecule has 0 saturated carbocycles. The van der Waals surface area contributed by atoms with Crippen LogP contribution in [-0.2, 0) is 0 Å². The van der Waals surface area contributed by atoms with E-state index in [1.807, 2.05) is 6.92 Å². The Morgan fingerprint density at radius 3 is 3.00 bits per heavy atom. The van der Waals surface area contributed by atoms with Gasteiger partial charge in [-0.2, -0.15) is 5.26 Å². The number of nitrogens with two attached hydrogens (primary N) is 1. The van der Waals surface area contributed by atoms with Crippen molar-refractivity contribution in [3.8, 4) is 6.07 Å². The molecule has 0 bridgehead atoms. The first-order valence-corrected chi connectivity index (χ1v) is 4.10. The minimum Gasteiger partial charge on any atom is -0.326 e. The topological polar surface area (TPSA) is 53.0 Å². The molecular weight excluding hydrogens is 138 g/mol. The van der Waals surface area contributed by atoms with E-state index in [0.29, 0.717) is 6.04 Å². The number of nitrogens with zero attached hydrogens (tertiary/aromatic N) is 2. The van der Waals surface area contributed by atoms with Gasteiger partial charge in [0.1, 0.15) is 0 Å². The minimum absolute atomic E-state index is 0.139. The highest BCUT2D eigenvalue weighted by molar-refractivity contribution is 4.85. The van der Waals surface area contributed by atoms with Crippen LogP contribution in [0.15, 0.2) is 0 Å². The van der Waals surface area contributed by atoms with Crippen LogP contribution < -0.4 is 5.73 Å². The lowest BCUT2D eigenvalue weighted by atomic mass is 10.2. The van der Waals surface area contributed by atoms with Gasteiger partial charge in [-0.25, -0.2) is 0 Å². The summed E-state index contributed by atoms with van der Waals surface area (Å²) in [6.45, 7) is 4.85.